The van der Waals surface area contributed by atoms with Crippen LogP contribution in [0.1, 0.15) is 25.0 Å². The summed E-state index contributed by atoms with van der Waals surface area (Å²) in [4.78, 5) is 2.42. The summed E-state index contributed by atoms with van der Waals surface area (Å²) >= 11 is 0. The van der Waals surface area contributed by atoms with Crippen molar-refractivity contribution in [1.29, 1.82) is 0 Å². The summed E-state index contributed by atoms with van der Waals surface area (Å²) in [5, 5.41) is 4.78. The molecule has 0 atom stereocenters. The molecule has 2 heteroatoms. The van der Waals surface area contributed by atoms with Gasteiger partial charge in [-0.1, -0.05) is 123 Å². The number of hydrogen-bond donors (Lipinski definition) is 0. The van der Waals surface area contributed by atoms with E-state index in [1.165, 1.54) is 44.2 Å². The third kappa shape index (κ3) is 3.89. The lowest BCUT2D eigenvalue weighted by atomic mass is 9.80. The Labute approximate surface area is 262 Å². The van der Waals surface area contributed by atoms with Gasteiger partial charge in [0, 0.05) is 32.9 Å². The van der Waals surface area contributed by atoms with Crippen molar-refractivity contribution >= 4 is 49.8 Å². The molecule has 0 radical (unpaired) electrons. The number of anilines is 3. The summed E-state index contributed by atoms with van der Waals surface area (Å²) in [6.45, 7) is 4.73. The zero-order valence-corrected chi connectivity index (χ0v) is 25.3. The van der Waals surface area contributed by atoms with E-state index in [0.29, 0.717) is 0 Å². The molecule has 9 rings (SSSR count). The Balaban J connectivity index is 1.33. The van der Waals surface area contributed by atoms with Crippen LogP contribution in [0.5, 0.6) is 0 Å². The van der Waals surface area contributed by atoms with E-state index in [-0.39, 0.29) is 5.41 Å². The molecule has 0 fully saturated rings. The average Bonchev–Trinajstić information content (AvgIpc) is 3.57. The van der Waals surface area contributed by atoms with E-state index < -0.39 is 0 Å². The third-order valence-electron chi connectivity index (χ3n) is 9.63. The minimum atomic E-state index is -0.0964. The number of para-hydroxylation sites is 1. The van der Waals surface area contributed by atoms with Crippen LogP contribution < -0.4 is 4.90 Å². The number of nitrogens with zero attached hydrogens (tertiary/aromatic N) is 1. The maximum absolute atomic E-state index is 6.24. The van der Waals surface area contributed by atoms with Gasteiger partial charge < -0.3 is 9.32 Å². The third-order valence-corrected chi connectivity index (χ3v) is 9.63. The van der Waals surface area contributed by atoms with Crippen molar-refractivity contribution in [3.8, 4) is 22.3 Å². The van der Waals surface area contributed by atoms with Crippen molar-refractivity contribution in [2.75, 3.05) is 4.90 Å². The highest BCUT2D eigenvalue weighted by atomic mass is 16.3. The molecular weight excluding hydrogens is 546 g/mol. The molecule has 0 bridgehead atoms. The Morgan fingerprint density at radius 3 is 1.91 bits per heavy atom. The first kappa shape index (κ1) is 25.9. The monoisotopic (exact) mass is 577 g/mol. The van der Waals surface area contributed by atoms with Crippen LogP contribution in [-0.4, -0.2) is 0 Å². The predicted octanol–water partition coefficient (Wildman–Crippen LogP) is 12.2. The highest BCUT2D eigenvalue weighted by Gasteiger charge is 2.37. The zero-order chi connectivity index (χ0) is 30.1. The smallest absolute Gasteiger partial charge is 0.135 e. The lowest BCUT2D eigenvalue weighted by molar-refractivity contribution is 0.666. The molecule has 8 aromatic rings. The minimum Gasteiger partial charge on any atom is -0.456 e. The lowest BCUT2D eigenvalue weighted by Gasteiger charge is -2.29. The van der Waals surface area contributed by atoms with Crippen LogP contribution in [0.25, 0.3) is 55.0 Å². The van der Waals surface area contributed by atoms with Gasteiger partial charge in [-0.05, 0) is 81.2 Å². The summed E-state index contributed by atoms with van der Waals surface area (Å²) in [6.07, 6.45) is 0. The highest BCUT2D eigenvalue weighted by Crippen LogP contribution is 2.54. The zero-order valence-electron chi connectivity index (χ0n) is 25.3. The van der Waals surface area contributed by atoms with Crippen LogP contribution in [0.2, 0.25) is 0 Å². The van der Waals surface area contributed by atoms with E-state index in [4.69, 9.17) is 4.42 Å². The van der Waals surface area contributed by atoms with Gasteiger partial charge in [0.1, 0.15) is 11.2 Å². The number of fused-ring (bicyclic) bond motifs is 8. The Kier molecular flexibility index (Phi) is 5.58. The van der Waals surface area contributed by atoms with Gasteiger partial charge in [-0.15, -0.1) is 0 Å². The van der Waals surface area contributed by atoms with E-state index in [1.807, 2.05) is 12.1 Å². The topological polar surface area (TPSA) is 16.4 Å². The van der Waals surface area contributed by atoms with Crippen molar-refractivity contribution in [1.82, 2.24) is 0 Å². The van der Waals surface area contributed by atoms with Crippen LogP contribution >= 0.6 is 0 Å². The molecule has 0 unspecified atom stereocenters. The van der Waals surface area contributed by atoms with Crippen LogP contribution in [0.15, 0.2) is 156 Å². The summed E-state index contributed by atoms with van der Waals surface area (Å²) < 4.78 is 6.24. The fourth-order valence-corrected chi connectivity index (χ4v) is 7.54. The van der Waals surface area contributed by atoms with E-state index in [1.54, 1.807) is 0 Å². The molecule has 1 aliphatic rings. The Hall–Kier alpha value is -5.60. The van der Waals surface area contributed by atoms with Crippen LogP contribution in [-0.2, 0) is 5.41 Å². The molecule has 0 saturated carbocycles. The molecule has 0 spiro atoms. The van der Waals surface area contributed by atoms with Gasteiger partial charge in [0.05, 0.1) is 5.69 Å². The second-order valence-corrected chi connectivity index (χ2v) is 12.6. The van der Waals surface area contributed by atoms with Crippen molar-refractivity contribution < 1.29 is 4.42 Å². The van der Waals surface area contributed by atoms with Crippen molar-refractivity contribution in [2.45, 2.75) is 19.3 Å². The second-order valence-electron chi connectivity index (χ2n) is 12.6. The van der Waals surface area contributed by atoms with Crippen molar-refractivity contribution in [2.24, 2.45) is 0 Å². The van der Waals surface area contributed by atoms with Gasteiger partial charge in [0.25, 0.3) is 0 Å². The van der Waals surface area contributed by atoms with Gasteiger partial charge in [-0.3, -0.25) is 0 Å². The molecule has 2 nitrogen and oxygen atoms in total. The molecule has 1 aliphatic carbocycles. The average molecular weight is 578 g/mol. The normalized spacial score (nSPS) is 13.3. The molecule has 7 aromatic carbocycles. The van der Waals surface area contributed by atoms with Crippen molar-refractivity contribution in [3.05, 3.63) is 163 Å². The Bertz CT molecular complexity index is 2400. The number of rotatable bonds is 4. The van der Waals surface area contributed by atoms with E-state index in [0.717, 1.165) is 39.0 Å². The summed E-state index contributed by atoms with van der Waals surface area (Å²) in [5.74, 6) is 0. The maximum atomic E-state index is 6.24. The van der Waals surface area contributed by atoms with Crippen molar-refractivity contribution in [3.63, 3.8) is 0 Å². The predicted molar refractivity (Wildman–Crippen MR) is 189 cm³/mol. The molecule has 0 N–H and O–H groups in total. The molecular formula is C43H31NO. The second kappa shape index (κ2) is 9.70. The SMILES string of the molecule is CC1(C)c2ccccc2-c2cc(N(c3ccc(-c4ccccc4)cc3)c3ccc4oc5ccccc5c4c3)c3ccccc3c21. The largest absolute Gasteiger partial charge is 0.456 e. The van der Waals surface area contributed by atoms with E-state index in [9.17, 15) is 0 Å². The Morgan fingerprint density at radius 2 is 1.09 bits per heavy atom. The van der Waals surface area contributed by atoms with Gasteiger partial charge in [0.15, 0.2) is 0 Å². The van der Waals surface area contributed by atoms with Crippen LogP contribution in [0.3, 0.4) is 0 Å². The Morgan fingerprint density at radius 1 is 0.467 bits per heavy atom. The fraction of sp³-hybridized carbons (Fsp3) is 0.0698. The van der Waals surface area contributed by atoms with Gasteiger partial charge in [0.2, 0.25) is 0 Å². The van der Waals surface area contributed by atoms with E-state index in [2.05, 4.69) is 158 Å². The molecule has 0 aliphatic heterocycles. The van der Waals surface area contributed by atoms with Crippen LogP contribution in [0.4, 0.5) is 17.1 Å². The number of hydrogen-bond acceptors (Lipinski definition) is 2. The summed E-state index contributed by atoms with van der Waals surface area (Å²) in [7, 11) is 0. The first-order chi connectivity index (χ1) is 22.1. The molecule has 214 valence electrons. The minimum absolute atomic E-state index is 0.0964. The quantitative estimate of drug-likeness (QED) is 0.207. The molecule has 0 saturated heterocycles. The number of furan rings is 1. The summed E-state index contributed by atoms with van der Waals surface area (Å²) in [5.41, 5.74) is 12.9. The van der Waals surface area contributed by atoms with Gasteiger partial charge in [-0.2, -0.15) is 0 Å². The lowest BCUT2D eigenvalue weighted by Crippen LogP contribution is -2.16. The first-order valence-electron chi connectivity index (χ1n) is 15.6. The van der Waals surface area contributed by atoms with Gasteiger partial charge in [-0.25, -0.2) is 0 Å². The number of benzene rings is 7. The van der Waals surface area contributed by atoms with Gasteiger partial charge >= 0.3 is 0 Å². The standard InChI is InChI=1S/C43H31NO/c1-43(2)38-18-10-8-14-32(38)37-27-39(33-15-6-7-17-35(33)42(37)43)44(30-22-20-29(21-23-30)28-12-4-3-5-13-28)31-24-25-41-36(26-31)34-16-9-11-19-40(34)45-41/h3-27H,1-2H3. The molecule has 0 amide bonds. The summed E-state index contributed by atoms with van der Waals surface area (Å²) in [6, 6.07) is 54.7. The van der Waals surface area contributed by atoms with E-state index >= 15 is 0 Å². The van der Waals surface area contributed by atoms with Crippen LogP contribution in [0, 0.1) is 0 Å². The fourth-order valence-electron chi connectivity index (χ4n) is 7.54. The first-order valence-corrected chi connectivity index (χ1v) is 15.6. The highest BCUT2D eigenvalue weighted by molar-refractivity contribution is 6.09. The molecule has 1 aromatic heterocycles. The molecule has 1 heterocycles. The maximum Gasteiger partial charge on any atom is 0.135 e. The molecule has 45 heavy (non-hydrogen) atoms.